The molecule has 2 heterocycles. The van der Waals surface area contributed by atoms with Crippen molar-refractivity contribution in [3.63, 3.8) is 0 Å². The van der Waals surface area contributed by atoms with Gasteiger partial charge in [0.15, 0.2) is 10.8 Å². The molecule has 152 valence electrons. The fraction of sp³-hybridized carbons (Fsp3) is 0.706. The third kappa shape index (κ3) is 5.53. The first-order chi connectivity index (χ1) is 13.0. The van der Waals surface area contributed by atoms with E-state index in [2.05, 4.69) is 10.3 Å². The largest absolute Gasteiger partial charge is 0.383 e. The van der Waals surface area contributed by atoms with Gasteiger partial charge in [-0.1, -0.05) is 13.3 Å². The van der Waals surface area contributed by atoms with Gasteiger partial charge in [-0.15, -0.1) is 0 Å². The van der Waals surface area contributed by atoms with Crippen LogP contribution in [0.2, 0.25) is 0 Å². The number of nitrogens with one attached hydrogen (secondary N) is 2. The second-order valence-corrected chi connectivity index (χ2v) is 6.85. The fourth-order valence-electron chi connectivity index (χ4n) is 2.98. The van der Waals surface area contributed by atoms with E-state index in [-0.39, 0.29) is 17.6 Å². The molecule has 0 bridgehead atoms. The van der Waals surface area contributed by atoms with Gasteiger partial charge in [-0.25, -0.2) is 4.79 Å². The number of rotatable bonds is 9. The van der Waals surface area contributed by atoms with E-state index in [0.29, 0.717) is 31.4 Å². The molecule has 1 aromatic rings. The Hall–Kier alpha value is -1.91. The van der Waals surface area contributed by atoms with E-state index in [1.807, 2.05) is 6.92 Å². The number of aromatic nitrogens is 2. The summed E-state index contributed by atoms with van der Waals surface area (Å²) in [4.78, 5) is 28.6. The van der Waals surface area contributed by atoms with Gasteiger partial charge in [-0.05, 0) is 31.5 Å². The molecule has 1 saturated heterocycles. The minimum atomic E-state index is -0.567. The maximum Gasteiger partial charge on any atom is 0.330 e. The van der Waals surface area contributed by atoms with Gasteiger partial charge in [-0.3, -0.25) is 14.3 Å². The third-order valence-electron chi connectivity index (χ3n) is 4.49. The van der Waals surface area contributed by atoms with Gasteiger partial charge in [0, 0.05) is 33.4 Å². The second kappa shape index (κ2) is 10.4. The first kappa shape index (κ1) is 21.4. The van der Waals surface area contributed by atoms with Crippen LogP contribution >= 0.6 is 12.2 Å². The molecule has 27 heavy (non-hydrogen) atoms. The molecule has 0 aromatic carbocycles. The van der Waals surface area contributed by atoms with E-state index in [4.69, 9.17) is 27.4 Å². The Morgan fingerprint density at radius 1 is 1.52 bits per heavy atom. The molecule has 2 rings (SSSR count). The SMILES string of the molecule is CCCCn1c(N)c(N(CCOC)C(=S)NC[C@H]2CCCO2)c(=O)[nH]c1=O. The lowest BCUT2D eigenvalue weighted by Crippen LogP contribution is -2.48. The standard InChI is InChI=1S/C17H29N5O4S/c1-3-4-7-22-14(18)13(15(23)20-16(22)24)21(8-10-25-2)17(27)19-11-12-6-5-9-26-12/h12H,3-11,18H2,1-2H3,(H,19,27)(H,20,23,24)/t12-/m1/s1. The Labute approximate surface area is 163 Å². The van der Waals surface area contributed by atoms with Crippen LogP contribution in [-0.2, 0) is 16.0 Å². The molecule has 0 spiro atoms. The zero-order valence-corrected chi connectivity index (χ0v) is 16.8. The summed E-state index contributed by atoms with van der Waals surface area (Å²) >= 11 is 5.50. The van der Waals surface area contributed by atoms with E-state index in [0.717, 1.165) is 32.3 Å². The molecule has 0 unspecified atom stereocenters. The Morgan fingerprint density at radius 3 is 2.93 bits per heavy atom. The zero-order chi connectivity index (χ0) is 19.8. The molecule has 4 N–H and O–H groups in total. The van der Waals surface area contributed by atoms with Crippen LogP contribution in [0.1, 0.15) is 32.6 Å². The van der Waals surface area contributed by atoms with Crippen LogP contribution in [0.15, 0.2) is 9.59 Å². The third-order valence-corrected chi connectivity index (χ3v) is 4.85. The summed E-state index contributed by atoms with van der Waals surface area (Å²) in [7, 11) is 1.57. The number of thiocarbonyl (C=S) groups is 1. The maximum atomic E-state index is 12.5. The zero-order valence-electron chi connectivity index (χ0n) is 16.0. The predicted octanol–water partition coefficient (Wildman–Crippen LogP) is 0.425. The number of methoxy groups -OCH3 is 1. The summed E-state index contributed by atoms with van der Waals surface area (Å²) in [6.45, 7) is 4.42. The Morgan fingerprint density at radius 2 is 2.30 bits per heavy atom. The smallest absolute Gasteiger partial charge is 0.330 e. The van der Waals surface area contributed by atoms with Crippen LogP contribution < -0.4 is 27.2 Å². The van der Waals surface area contributed by atoms with Crippen molar-refractivity contribution in [1.82, 2.24) is 14.9 Å². The number of nitrogens with zero attached hydrogens (tertiary/aromatic N) is 2. The van der Waals surface area contributed by atoms with Crippen molar-refractivity contribution in [2.45, 2.75) is 45.3 Å². The summed E-state index contributed by atoms with van der Waals surface area (Å²) in [5.41, 5.74) is 5.28. The number of ether oxygens (including phenoxy) is 2. The van der Waals surface area contributed by atoms with Gasteiger partial charge < -0.3 is 25.4 Å². The highest BCUT2D eigenvalue weighted by molar-refractivity contribution is 7.80. The normalized spacial score (nSPS) is 16.4. The van der Waals surface area contributed by atoms with Crippen LogP contribution in [0.4, 0.5) is 11.5 Å². The molecule has 0 aliphatic carbocycles. The first-order valence-electron chi connectivity index (χ1n) is 9.28. The molecule has 1 aromatic heterocycles. The highest BCUT2D eigenvalue weighted by Gasteiger charge is 2.23. The minimum Gasteiger partial charge on any atom is -0.383 e. The van der Waals surface area contributed by atoms with Crippen molar-refractivity contribution in [2.24, 2.45) is 0 Å². The predicted molar refractivity (Wildman–Crippen MR) is 109 cm³/mol. The van der Waals surface area contributed by atoms with Crippen LogP contribution in [0, 0.1) is 0 Å². The highest BCUT2D eigenvalue weighted by atomic mass is 32.1. The summed E-state index contributed by atoms with van der Waals surface area (Å²) in [6.07, 6.45) is 3.77. The maximum absolute atomic E-state index is 12.5. The van der Waals surface area contributed by atoms with E-state index in [9.17, 15) is 9.59 Å². The highest BCUT2D eigenvalue weighted by Crippen LogP contribution is 2.18. The van der Waals surface area contributed by atoms with Crippen molar-refractivity contribution in [3.8, 4) is 0 Å². The van der Waals surface area contributed by atoms with Crippen molar-refractivity contribution >= 4 is 28.8 Å². The van der Waals surface area contributed by atoms with Crippen LogP contribution in [0.5, 0.6) is 0 Å². The average molecular weight is 400 g/mol. The number of nitrogen functional groups attached to an aromatic ring is 1. The van der Waals surface area contributed by atoms with Crippen LogP contribution in [0.3, 0.4) is 0 Å². The number of unbranched alkanes of at least 4 members (excludes halogenated alkanes) is 1. The van der Waals surface area contributed by atoms with Crippen molar-refractivity contribution in [2.75, 3.05) is 44.0 Å². The molecule has 0 radical (unpaired) electrons. The van der Waals surface area contributed by atoms with Crippen LogP contribution in [0.25, 0.3) is 0 Å². The van der Waals surface area contributed by atoms with E-state index in [1.54, 1.807) is 12.0 Å². The lowest BCUT2D eigenvalue weighted by atomic mass is 10.2. The topological polar surface area (TPSA) is 115 Å². The number of nitrogens with two attached hydrogens (primary N) is 1. The number of hydrogen-bond acceptors (Lipinski definition) is 6. The Bertz CT molecular complexity index is 742. The monoisotopic (exact) mass is 399 g/mol. The number of H-pyrrole nitrogens is 1. The molecule has 9 nitrogen and oxygen atoms in total. The molecular formula is C17H29N5O4S. The van der Waals surface area contributed by atoms with Gasteiger partial charge in [0.25, 0.3) is 5.56 Å². The van der Waals surface area contributed by atoms with E-state index < -0.39 is 11.2 Å². The van der Waals surface area contributed by atoms with Crippen LogP contribution in [-0.4, -0.2) is 54.2 Å². The molecule has 1 atom stereocenters. The fourth-order valence-corrected chi connectivity index (χ4v) is 3.24. The average Bonchev–Trinajstić information content (AvgIpc) is 3.15. The van der Waals surface area contributed by atoms with Gasteiger partial charge >= 0.3 is 5.69 Å². The molecule has 10 heteroatoms. The van der Waals surface area contributed by atoms with E-state index >= 15 is 0 Å². The van der Waals surface area contributed by atoms with Gasteiger partial charge in [-0.2, -0.15) is 0 Å². The lowest BCUT2D eigenvalue weighted by Gasteiger charge is -2.27. The number of hydrogen-bond donors (Lipinski definition) is 3. The summed E-state index contributed by atoms with van der Waals surface area (Å²) in [5.74, 6) is 0.106. The number of aromatic amines is 1. The Balaban J connectivity index is 2.29. The van der Waals surface area contributed by atoms with E-state index in [1.165, 1.54) is 4.57 Å². The summed E-state index contributed by atoms with van der Waals surface area (Å²) in [5, 5.41) is 3.49. The van der Waals surface area contributed by atoms with Crippen molar-refractivity contribution in [3.05, 3.63) is 20.8 Å². The minimum absolute atomic E-state index is 0.0985. The van der Waals surface area contributed by atoms with Gasteiger partial charge in [0.2, 0.25) is 0 Å². The molecule has 0 amide bonds. The molecular weight excluding hydrogens is 370 g/mol. The molecule has 1 aliphatic heterocycles. The summed E-state index contributed by atoms with van der Waals surface area (Å²) in [6, 6.07) is 0. The van der Waals surface area contributed by atoms with Gasteiger partial charge in [0.05, 0.1) is 12.7 Å². The number of anilines is 2. The molecule has 1 aliphatic rings. The molecule has 0 saturated carbocycles. The lowest BCUT2D eigenvalue weighted by molar-refractivity contribution is 0.114. The molecule has 1 fully saturated rings. The van der Waals surface area contributed by atoms with Crippen molar-refractivity contribution in [1.29, 1.82) is 0 Å². The van der Waals surface area contributed by atoms with Crippen molar-refractivity contribution < 1.29 is 9.47 Å². The second-order valence-electron chi connectivity index (χ2n) is 6.46. The Kier molecular flexibility index (Phi) is 8.26. The quantitative estimate of drug-likeness (QED) is 0.512. The first-order valence-corrected chi connectivity index (χ1v) is 9.68. The van der Waals surface area contributed by atoms with Gasteiger partial charge in [0.1, 0.15) is 5.82 Å². The summed E-state index contributed by atoms with van der Waals surface area (Å²) < 4.78 is 12.1.